The van der Waals surface area contributed by atoms with Crippen LogP contribution in [0.3, 0.4) is 0 Å². The van der Waals surface area contributed by atoms with Crippen molar-refractivity contribution in [1.29, 1.82) is 0 Å². The third kappa shape index (κ3) is 4.60. The molecule has 1 N–H and O–H groups in total. The second-order valence-corrected chi connectivity index (χ2v) is 13.2. The molecule has 1 atom stereocenters. The number of carbonyl (C=O) groups is 1. The van der Waals surface area contributed by atoms with E-state index in [4.69, 9.17) is 0 Å². The Hall–Kier alpha value is -2.56. The van der Waals surface area contributed by atoms with E-state index in [1.165, 1.54) is 71.2 Å². The lowest BCUT2D eigenvalue weighted by Crippen LogP contribution is -2.52. The molecule has 2 aliphatic heterocycles. The van der Waals surface area contributed by atoms with Crippen LogP contribution in [0.15, 0.2) is 71.6 Å². The first-order valence-corrected chi connectivity index (χ1v) is 15.6. The Kier molecular flexibility index (Phi) is 6.57. The molecule has 3 aromatic carbocycles. The maximum Gasteiger partial charge on any atom is 0.227 e. The average molecular weight is 523 g/mol. The second-order valence-electron chi connectivity index (χ2n) is 11.8. The van der Waals surface area contributed by atoms with Crippen molar-refractivity contribution in [2.75, 3.05) is 13.1 Å². The van der Waals surface area contributed by atoms with Gasteiger partial charge in [0, 0.05) is 29.8 Å². The van der Waals surface area contributed by atoms with E-state index in [9.17, 15) is 4.79 Å². The molecule has 4 aliphatic rings. The predicted molar refractivity (Wildman–Crippen MR) is 155 cm³/mol. The maximum atomic E-state index is 13.2. The van der Waals surface area contributed by atoms with Crippen LogP contribution in [0.5, 0.6) is 0 Å². The van der Waals surface area contributed by atoms with Crippen molar-refractivity contribution in [2.24, 2.45) is 5.92 Å². The smallest absolute Gasteiger partial charge is 0.227 e. The number of rotatable bonds is 6. The second kappa shape index (κ2) is 10.2. The summed E-state index contributed by atoms with van der Waals surface area (Å²) in [5, 5.41) is 4.87. The van der Waals surface area contributed by atoms with Gasteiger partial charge in [-0.1, -0.05) is 67.4 Å². The van der Waals surface area contributed by atoms with Gasteiger partial charge in [-0.25, -0.2) is 0 Å². The molecule has 0 aromatic heterocycles. The van der Waals surface area contributed by atoms with Crippen LogP contribution in [0.4, 0.5) is 0 Å². The van der Waals surface area contributed by atoms with Gasteiger partial charge in [-0.3, -0.25) is 4.79 Å². The summed E-state index contributed by atoms with van der Waals surface area (Å²) < 4.78 is 0. The highest BCUT2D eigenvalue weighted by Crippen LogP contribution is 2.48. The van der Waals surface area contributed by atoms with E-state index in [1.807, 2.05) is 11.8 Å². The van der Waals surface area contributed by atoms with Crippen molar-refractivity contribution in [1.82, 2.24) is 10.2 Å². The van der Waals surface area contributed by atoms with Gasteiger partial charge in [0.2, 0.25) is 5.91 Å². The number of amides is 1. The van der Waals surface area contributed by atoms with Crippen LogP contribution < -0.4 is 5.32 Å². The number of carbonyl (C=O) groups excluding carboxylic acids is 1. The van der Waals surface area contributed by atoms with Crippen molar-refractivity contribution in [2.45, 2.75) is 80.0 Å². The summed E-state index contributed by atoms with van der Waals surface area (Å²) in [4.78, 5) is 16.6. The van der Waals surface area contributed by atoms with Gasteiger partial charge in [0.15, 0.2) is 0 Å². The quantitative estimate of drug-likeness (QED) is 0.393. The van der Waals surface area contributed by atoms with Gasteiger partial charge in [0.1, 0.15) is 0 Å². The van der Waals surface area contributed by atoms with Crippen LogP contribution in [-0.4, -0.2) is 29.1 Å². The van der Waals surface area contributed by atoms with Gasteiger partial charge in [-0.05, 0) is 90.0 Å². The van der Waals surface area contributed by atoms with Crippen molar-refractivity contribution >= 4 is 17.7 Å². The fourth-order valence-electron chi connectivity index (χ4n) is 7.19. The van der Waals surface area contributed by atoms with E-state index in [0.717, 1.165) is 43.3 Å². The molecule has 196 valence electrons. The lowest BCUT2D eigenvalue weighted by atomic mass is 9.68. The van der Waals surface area contributed by atoms with Gasteiger partial charge in [-0.15, -0.1) is 11.8 Å². The minimum Gasteiger partial charge on any atom is -0.338 e. The molecule has 0 saturated heterocycles. The van der Waals surface area contributed by atoms with Crippen LogP contribution in [0, 0.1) is 5.92 Å². The van der Waals surface area contributed by atoms with Gasteiger partial charge in [-0.2, -0.15) is 0 Å². The molecule has 38 heavy (non-hydrogen) atoms. The van der Waals surface area contributed by atoms with E-state index in [0.29, 0.717) is 12.3 Å². The zero-order valence-electron chi connectivity index (χ0n) is 22.3. The lowest BCUT2D eigenvalue weighted by Gasteiger charge is -2.46. The molecule has 4 heteroatoms. The molecular formula is C34H38N2OS. The summed E-state index contributed by atoms with van der Waals surface area (Å²) in [5.74, 6) is 0.880. The van der Waals surface area contributed by atoms with Crippen LogP contribution >= 0.6 is 11.8 Å². The number of fused-ring (bicyclic) bond motifs is 2. The molecule has 0 bridgehead atoms. The third-order valence-corrected chi connectivity index (χ3v) is 10.7. The van der Waals surface area contributed by atoms with Gasteiger partial charge >= 0.3 is 0 Å². The molecular weight excluding hydrogens is 484 g/mol. The normalized spacial score (nSPS) is 23.2. The number of thioether (sulfide) groups is 1. The fourth-order valence-corrected chi connectivity index (χ4v) is 8.24. The van der Waals surface area contributed by atoms with Crippen molar-refractivity contribution in [3.05, 3.63) is 100 Å². The Morgan fingerprint density at radius 2 is 1.71 bits per heavy atom. The molecule has 3 aromatic rings. The highest BCUT2D eigenvalue weighted by Gasteiger charge is 2.45. The minimum absolute atomic E-state index is 0.0860. The third-order valence-electron chi connectivity index (χ3n) is 9.34. The monoisotopic (exact) mass is 522 g/mol. The molecule has 3 nitrogen and oxygen atoms in total. The van der Waals surface area contributed by atoms with Crippen LogP contribution in [0.25, 0.3) is 0 Å². The van der Waals surface area contributed by atoms with Gasteiger partial charge in [0.05, 0.1) is 12.0 Å². The Labute approximate surface area is 231 Å². The number of nitrogens with zero attached hydrogens (tertiary/aromatic N) is 1. The van der Waals surface area contributed by atoms with E-state index < -0.39 is 0 Å². The Morgan fingerprint density at radius 1 is 0.895 bits per heavy atom. The molecule has 2 aliphatic carbocycles. The van der Waals surface area contributed by atoms with E-state index in [-0.39, 0.29) is 11.4 Å². The highest BCUT2D eigenvalue weighted by molar-refractivity contribution is 8.00. The fraction of sp³-hybridized carbons (Fsp3) is 0.441. The van der Waals surface area contributed by atoms with Crippen LogP contribution in [0.2, 0.25) is 0 Å². The van der Waals surface area contributed by atoms with Crippen molar-refractivity contribution in [3.8, 4) is 0 Å². The molecule has 7 rings (SSSR count). The number of hydrogen-bond acceptors (Lipinski definition) is 3. The maximum absolute atomic E-state index is 13.2. The summed E-state index contributed by atoms with van der Waals surface area (Å²) in [5.41, 5.74) is 8.21. The first-order chi connectivity index (χ1) is 18.7. The van der Waals surface area contributed by atoms with E-state index >= 15 is 0 Å². The summed E-state index contributed by atoms with van der Waals surface area (Å²) in [7, 11) is 0. The van der Waals surface area contributed by atoms with Crippen LogP contribution in [0.1, 0.15) is 71.9 Å². The van der Waals surface area contributed by atoms with E-state index in [1.54, 1.807) is 0 Å². The largest absolute Gasteiger partial charge is 0.338 e. The molecule has 2 fully saturated rings. The Bertz CT molecular complexity index is 1320. The van der Waals surface area contributed by atoms with Crippen LogP contribution in [-0.2, 0) is 36.1 Å². The molecule has 1 unspecified atom stereocenters. The summed E-state index contributed by atoms with van der Waals surface area (Å²) >= 11 is 1.97. The Balaban J connectivity index is 1.11. The summed E-state index contributed by atoms with van der Waals surface area (Å²) in [6, 6.07) is 25.0. The molecule has 2 saturated carbocycles. The lowest BCUT2D eigenvalue weighted by molar-refractivity contribution is -0.131. The first kappa shape index (κ1) is 24.5. The standard InChI is InChI=1S/C34H38N2OS/c37-33(21-24-9-13-30(14-10-24)38-31-15-16-31)36-20-18-26-22-29(12-11-27(26)23-36)34(28-6-2-3-7-28)32-8-4-1-5-25(32)17-19-35-34/h1,4-5,8-14,22,28,31,35H,2-3,6-7,15-21,23H2. The molecule has 2 heterocycles. The van der Waals surface area contributed by atoms with Gasteiger partial charge in [0.25, 0.3) is 0 Å². The first-order valence-electron chi connectivity index (χ1n) is 14.7. The highest BCUT2D eigenvalue weighted by atomic mass is 32.2. The minimum atomic E-state index is -0.0860. The predicted octanol–water partition coefficient (Wildman–Crippen LogP) is 6.65. The SMILES string of the molecule is O=C(Cc1ccc(SC2CC2)cc1)N1CCc2cc(C3(C4CCCC4)NCCc4ccccc43)ccc2C1. The van der Waals surface area contributed by atoms with Crippen molar-refractivity contribution < 1.29 is 4.79 Å². The topological polar surface area (TPSA) is 32.3 Å². The summed E-state index contributed by atoms with van der Waals surface area (Å²) in [6.45, 7) is 2.57. The molecule has 0 radical (unpaired) electrons. The van der Waals surface area contributed by atoms with Gasteiger partial charge < -0.3 is 10.2 Å². The summed E-state index contributed by atoms with van der Waals surface area (Å²) in [6.07, 6.45) is 10.5. The number of nitrogens with one attached hydrogen (secondary N) is 1. The van der Waals surface area contributed by atoms with Crippen molar-refractivity contribution in [3.63, 3.8) is 0 Å². The molecule has 1 amide bonds. The van der Waals surface area contributed by atoms with E-state index in [2.05, 4.69) is 76.9 Å². The Morgan fingerprint density at radius 3 is 2.53 bits per heavy atom. The zero-order valence-corrected chi connectivity index (χ0v) is 23.1. The molecule has 0 spiro atoms. The average Bonchev–Trinajstić information content (AvgIpc) is 3.60. The zero-order chi connectivity index (χ0) is 25.5. The number of hydrogen-bond donors (Lipinski definition) is 1. The number of benzene rings is 3.